The van der Waals surface area contributed by atoms with Gasteiger partial charge in [0.1, 0.15) is 23.9 Å². The molecule has 242 valence electrons. The molecule has 12 nitrogen and oxygen atoms in total. The summed E-state index contributed by atoms with van der Waals surface area (Å²) >= 11 is 0. The van der Waals surface area contributed by atoms with Crippen LogP contribution < -0.4 is 14.2 Å². The lowest BCUT2D eigenvalue weighted by Gasteiger charge is -2.38. The average Bonchev–Trinajstić information content (AvgIpc) is 3.81. The topological polar surface area (TPSA) is 181 Å². The van der Waals surface area contributed by atoms with Crippen molar-refractivity contribution in [3.05, 3.63) is 77.2 Å². The molecule has 14 heteroatoms. The minimum absolute atomic E-state index is 0.0445. The summed E-state index contributed by atoms with van der Waals surface area (Å²) < 4.78 is 47.4. The van der Waals surface area contributed by atoms with E-state index in [4.69, 9.17) is 14.2 Å². The Morgan fingerprint density at radius 2 is 1.69 bits per heavy atom. The number of carboxylic acid groups (broad SMARTS) is 1. The Balaban J connectivity index is 1.41. The Morgan fingerprint density at radius 3 is 2.27 bits per heavy atom. The molecule has 2 fully saturated rings. The van der Waals surface area contributed by atoms with Gasteiger partial charge in [0.2, 0.25) is 12.2 Å². The molecule has 1 aliphatic carbocycles. The van der Waals surface area contributed by atoms with Crippen LogP contribution in [0.2, 0.25) is 0 Å². The number of carboxylic acids is 1. The lowest BCUT2D eigenvalue weighted by atomic mass is 9.86. The number of aliphatic hydroxyl groups is 4. The van der Waals surface area contributed by atoms with E-state index >= 15 is 0 Å². The van der Waals surface area contributed by atoms with Crippen LogP contribution in [0.4, 0.5) is 8.78 Å². The normalized spacial score (nSPS) is 24.2. The molecule has 1 aromatic carbocycles. The molecule has 0 bridgehead atoms. The molecular formula is C31H34F2N2O10. The number of hydrogen-bond donors (Lipinski definition) is 5. The molecule has 0 spiro atoms. The van der Waals surface area contributed by atoms with E-state index in [0.29, 0.717) is 17.7 Å². The van der Waals surface area contributed by atoms with Crippen LogP contribution in [0.15, 0.2) is 54.9 Å². The van der Waals surface area contributed by atoms with E-state index in [9.17, 15) is 39.1 Å². The molecule has 5 rings (SSSR count). The molecule has 1 saturated heterocycles. The third kappa shape index (κ3) is 7.83. The second-order valence-corrected chi connectivity index (χ2v) is 11.6. The van der Waals surface area contributed by atoms with Crippen molar-refractivity contribution in [2.75, 3.05) is 0 Å². The summed E-state index contributed by atoms with van der Waals surface area (Å²) in [6.45, 7) is 0.210. The summed E-state index contributed by atoms with van der Waals surface area (Å²) in [6.07, 6.45) is -3.85. The molecule has 45 heavy (non-hydrogen) atoms. The lowest BCUT2D eigenvalue weighted by molar-refractivity contribution is -0.271. The fraction of sp³-hybridized carbons (Fsp3) is 0.452. The molecule has 2 unspecified atom stereocenters. The molecule has 5 N–H and O–H groups in total. The monoisotopic (exact) mass is 632 g/mol. The van der Waals surface area contributed by atoms with Crippen LogP contribution in [0.25, 0.3) is 0 Å². The van der Waals surface area contributed by atoms with Crippen molar-refractivity contribution in [2.24, 2.45) is 0 Å². The second-order valence-electron chi connectivity index (χ2n) is 11.6. The van der Waals surface area contributed by atoms with Crippen LogP contribution in [-0.2, 0) is 21.6 Å². The molecule has 0 amide bonds. The molecular weight excluding hydrogens is 598 g/mol. The highest BCUT2D eigenvalue weighted by molar-refractivity contribution is 5.73. The zero-order valence-electron chi connectivity index (χ0n) is 24.4. The Hall–Kier alpha value is -3.95. The molecule has 1 saturated carbocycles. The molecule has 2 aliphatic rings. The first-order valence-corrected chi connectivity index (χ1v) is 14.3. The highest BCUT2D eigenvalue weighted by Gasteiger charge is 2.48. The van der Waals surface area contributed by atoms with Gasteiger partial charge in [-0.2, -0.15) is 8.78 Å². The van der Waals surface area contributed by atoms with Crippen LogP contribution in [0.3, 0.4) is 0 Å². The first-order valence-electron chi connectivity index (χ1n) is 14.3. The van der Waals surface area contributed by atoms with Gasteiger partial charge < -0.3 is 44.5 Å². The molecule has 3 aromatic rings. The summed E-state index contributed by atoms with van der Waals surface area (Å²) in [6, 6.07) is 11.4. The first-order chi connectivity index (χ1) is 21.3. The van der Waals surface area contributed by atoms with Gasteiger partial charge in [-0.25, -0.2) is 9.78 Å². The number of rotatable bonds is 12. The van der Waals surface area contributed by atoms with Gasteiger partial charge in [0.15, 0.2) is 17.6 Å². The summed E-state index contributed by atoms with van der Waals surface area (Å²) in [7, 11) is 0. The van der Waals surface area contributed by atoms with E-state index in [1.54, 1.807) is 44.3 Å². The second kappa shape index (κ2) is 13.2. The SMILES string of the molecule is CC(C)(O)c1ccc([C@@H](Cc2ccc(O[C@@H]3OC(C(=O)O)[C@@H](O)C(O)[C@H]3O)nc2)c2ccc(OC(F)F)c(OC3CC3)c2)cn1. The number of aliphatic carboxylic acids is 1. The quantitative estimate of drug-likeness (QED) is 0.197. The average molecular weight is 633 g/mol. The predicted octanol–water partition coefficient (Wildman–Crippen LogP) is 2.49. The van der Waals surface area contributed by atoms with Gasteiger partial charge in [-0.3, -0.25) is 4.98 Å². The van der Waals surface area contributed by atoms with Crippen molar-refractivity contribution in [1.29, 1.82) is 0 Å². The Labute approximate surface area is 256 Å². The third-order valence-corrected chi connectivity index (χ3v) is 7.51. The minimum Gasteiger partial charge on any atom is -0.487 e. The number of aliphatic hydroxyl groups excluding tert-OH is 3. The zero-order valence-corrected chi connectivity index (χ0v) is 24.4. The molecule has 3 heterocycles. The summed E-state index contributed by atoms with van der Waals surface area (Å²) in [5, 5.41) is 49.8. The summed E-state index contributed by atoms with van der Waals surface area (Å²) in [5.74, 6) is -1.84. The number of carbonyl (C=O) groups is 1. The van der Waals surface area contributed by atoms with Gasteiger partial charge in [0.25, 0.3) is 0 Å². The largest absolute Gasteiger partial charge is 0.487 e. The van der Waals surface area contributed by atoms with Gasteiger partial charge in [-0.1, -0.05) is 18.2 Å². The molecule has 2 aromatic heterocycles. The van der Waals surface area contributed by atoms with E-state index in [2.05, 4.69) is 14.7 Å². The number of halogens is 2. The Kier molecular flexibility index (Phi) is 9.51. The fourth-order valence-electron chi connectivity index (χ4n) is 4.90. The van der Waals surface area contributed by atoms with Gasteiger partial charge in [0, 0.05) is 24.4 Å². The number of hydrogen-bond acceptors (Lipinski definition) is 11. The Morgan fingerprint density at radius 1 is 0.956 bits per heavy atom. The number of aromatic nitrogens is 2. The number of alkyl halides is 2. The maximum atomic E-state index is 13.1. The van der Waals surface area contributed by atoms with Crippen molar-refractivity contribution >= 4 is 5.97 Å². The maximum Gasteiger partial charge on any atom is 0.387 e. The van der Waals surface area contributed by atoms with Crippen LogP contribution >= 0.6 is 0 Å². The third-order valence-electron chi connectivity index (χ3n) is 7.51. The maximum absolute atomic E-state index is 13.1. The molecule has 1 aliphatic heterocycles. The van der Waals surface area contributed by atoms with Crippen LogP contribution in [0, 0.1) is 0 Å². The first kappa shape index (κ1) is 32.4. The van der Waals surface area contributed by atoms with Crippen LogP contribution in [0.1, 0.15) is 55.0 Å². The highest BCUT2D eigenvalue weighted by atomic mass is 19.3. The van der Waals surface area contributed by atoms with Crippen molar-refractivity contribution < 1.29 is 58.1 Å². The van der Waals surface area contributed by atoms with Gasteiger partial charge in [-0.15, -0.1) is 0 Å². The molecule has 0 radical (unpaired) electrons. The van der Waals surface area contributed by atoms with Crippen LogP contribution in [-0.4, -0.2) is 84.9 Å². The van der Waals surface area contributed by atoms with E-state index in [1.165, 1.54) is 18.3 Å². The number of ether oxygens (including phenoxy) is 4. The Bertz CT molecular complexity index is 1460. The zero-order chi connectivity index (χ0) is 32.5. The van der Waals surface area contributed by atoms with E-state index in [-0.39, 0.29) is 29.4 Å². The fourth-order valence-corrected chi connectivity index (χ4v) is 4.90. The predicted molar refractivity (Wildman–Crippen MR) is 151 cm³/mol. The summed E-state index contributed by atoms with van der Waals surface area (Å²) in [5.41, 5.74) is 1.48. The van der Waals surface area contributed by atoms with Crippen LogP contribution in [0.5, 0.6) is 17.4 Å². The van der Waals surface area contributed by atoms with E-state index in [1.807, 2.05) is 6.07 Å². The van der Waals surface area contributed by atoms with E-state index < -0.39 is 48.9 Å². The van der Waals surface area contributed by atoms with Gasteiger partial charge in [-0.05, 0) is 68.0 Å². The molecule has 6 atom stereocenters. The lowest BCUT2D eigenvalue weighted by Crippen LogP contribution is -2.61. The minimum atomic E-state index is -3.03. The number of benzene rings is 1. The highest BCUT2D eigenvalue weighted by Crippen LogP contribution is 2.39. The van der Waals surface area contributed by atoms with Gasteiger partial charge >= 0.3 is 12.6 Å². The van der Waals surface area contributed by atoms with Crippen molar-refractivity contribution in [3.8, 4) is 17.4 Å². The van der Waals surface area contributed by atoms with Crippen molar-refractivity contribution in [3.63, 3.8) is 0 Å². The van der Waals surface area contributed by atoms with E-state index in [0.717, 1.165) is 24.0 Å². The van der Waals surface area contributed by atoms with Crippen molar-refractivity contribution in [2.45, 2.75) is 88.1 Å². The standard InChI is InChI=1S/C31H34F2N2O10/c1-31(2,41)22-9-5-17(14-34-22)19(16-4-8-20(43-30(32)33)21(12-16)42-18-6-7-18)11-15-3-10-23(35-13-15)44-29-26(38)24(36)25(37)27(45-29)28(39)40/h3-5,8-10,12-14,18-19,24-27,29-30,36-38,41H,6-7,11H2,1-2H3,(H,39,40)/t19-,24?,25-,26+,27?,29+/m0/s1. The summed E-state index contributed by atoms with van der Waals surface area (Å²) in [4.78, 5) is 20.1. The van der Waals surface area contributed by atoms with Crippen molar-refractivity contribution in [1.82, 2.24) is 9.97 Å². The number of nitrogens with zero attached hydrogens (tertiary/aromatic N) is 2. The smallest absolute Gasteiger partial charge is 0.387 e. The van der Waals surface area contributed by atoms with Gasteiger partial charge in [0.05, 0.1) is 11.8 Å². The number of pyridine rings is 2.